The number of hydrogen-bond acceptors (Lipinski definition) is 5. The first kappa shape index (κ1) is 15.7. The molecule has 1 N–H and O–H groups in total. The highest BCUT2D eigenvalue weighted by molar-refractivity contribution is 7.99. The fraction of sp³-hybridized carbons (Fsp3) is 0.429. The van der Waals surface area contributed by atoms with E-state index in [2.05, 4.69) is 4.98 Å². The van der Waals surface area contributed by atoms with Crippen LogP contribution in [0, 0.1) is 0 Å². The molecule has 0 spiro atoms. The second kappa shape index (κ2) is 6.82. The molecule has 0 radical (unpaired) electrons. The number of carbonyl (C=O) groups is 1. The maximum absolute atomic E-state index is 10.8. The number of benzene rings is 1. The molecule has 2 rings (SSSR count). The number of methoxy groups -OCH3 is 2. The summed E-state index contributed by atoms with van der Waals surface area (Å²) in [5.41, 5.74) is 1.72. The van der Waals surface area contributed by atoms with Crippen molar-refractivity contribution in [3.63, 3.8) is 0 Å². The summed E-state index contributed by atoms with van der Waals surface area (Å²) in [4.78, 5) is 15.3. The number of ether oxygens (including phenoxy) is 2. The Hall–Kier alpha value is -1.73. The van der Waals surface area contributed by atoms with Crippen LogP contribution >= 0.6 is 11.8 Å². The van der Waals surface area contributed by atoms with Crippen LogP contribution in [0.1, 0.15) is 13.0 Å². The van der Waals surface area contributed by atoms with Crippen molar-refractivity contribution in [1.29, 1.82) is 0 Å². The Kier molecular flexibility index (Phi) is 5.08. The lowest BCUT2D eigenvalue weighted by Crippen LogP contribution is -2.12. The first-order valence-electron chi connectivity index (χ1n) is 6.46. The minimum absolute atomic E-state index is 0.0276. The predicted octanol–water partition coefficient (Wildman–Crippen LogP) is 2.43. The minimum Gasteiger partial charge on any atom is -0.497 e. The molecule has 0 amide bonds. The van der Waals surface area contributed by atoms with E-state index in [1.54, 1.807) is 14.2 Å². The van der Waals surface area contributed by atoms with Crippen molar-refractivity contribution in [3.05, 3.63) is 18.2 Å². The number of carboxylic acids is 1. The lowest BCUT2D eigenvalue weighted by atomic mass is 10.2. The summed E-state index contributed by atoms with van der Waals surface area (Å²) in [6.45, 7) is 2.54. The predicted molar refractivity (Wildman–Crippen MR) is 81.2 cm³/mol. The van der Waals surface area contributed by atoms with Gasteiger partial charge in [-0.25, -0.2) is 4.98 Å². The molecular weight excluding hydrogens is 292 g/mol. The van der Waals surface area contributed by atoms with Crippen LogP contribution in [-0.2, 0) is 9.53 Å². The van der Waals surface area contributed by atoms with Crippen molar-refractivity contribution in [3.8, 4) is 5.75 Å². The fourth-order valence-corrected chi connectivity index (χ4v) is 2.99. The largest absolute Gasteiger partial charge is 0.497 e. The van der Waals surface area contributed by atoms with Gasteiger partial charge in [-0.1, -0.05) is 11.8 Å². The first-order chi connectivity index (χ1) is 10.1. The monoisotopic (exact) mass is 310 g/mol. The molecule has 0 aliphatic heterocycles. The fourth-order valence-electron chi connectivity index (χ4n) is 2.15. The summed E-state index contributed by atoms with van der Waals surface area (Å²) in [6, 6.07) is 5.70. The number of aliphatic carboxylic acids is 1. The molecule has 1 aromatic carbocycles. The molecule has 0 aliphatic rings. The normalized spacial score (nSPS) is 12.5. The van der Waals surface area contributed by atoms with E-state index in [1.165, 1.54) is 11.8 Å². The van der Waals surface area contributed by atoms with Gasteiger partial charge >= 0.3 is 5.97 Å². The maximum atomic E-state index is 10.8. The van der Waals surface area contributed by atoms with Gasteiger partial charge in [0.2, 0.25) is 0 Å². The Bertz CT molecular complexity index is 641. The molecule has 1 aromatic heterocycles. The number of carboxylic acid groups (broad SMARTS) is 1. The van der Waals surface area contributed by atoms with E-state index in [4.69, 9.17) is 14.6 Å². The van der Waals surface area contributed by atoms with Gasteiger partial charge in [0.1, 0.15) is 5.75 Å². The highest BCUT2D eigenvalue weighted by Crippen LogP contribution is 2.30. The molecule has 1 atom stereocenters. The van der Waals surface area contributed by atoms with Gasteiger partial charge < -0.3 is 19.1 Å². The van der Waals surface area contributed by atoms with Crippen LogP contribution in [0.3, 0.4) is 0 Å². The topological polar surface area (TPSA) is 73.6 Å². The van der Waals surface area contributed by atoms with E-state index in [1.807, 2.05) is 29.7 Å². The molecule has 0 saturated carbocycles. The van der Waals surface area contributed by atoms with Gasteiger partial charge in [-0.2, -0.15) is 0 Å². The summed E-state index contributed by atoms with van der Waals surface area (Å²) >= 11 is 1.20. The summed E-state index contributed by atoms with van der Waals surface area (Å²) < 4.78 is 12.4. The Morgan fingerprint density at radius 2 is 2.24 bits per heavy atom. The van der Waals surface area contributed by atoms with E-state index in [-0.39, 0.29) is 11.8 Å². The van der Waals surface area contributed by atoms with Crippen LogP contribution < -0.4 is 4.74 Å². The van der Waals surface area contributed by atoms with Gasteiger partial charge in [0, 0.05) is 13.2 Å². The highest BCUT2D eigenvalue weighted by Gasteiger charge is 2.17. The van der Waals surface area contributed by atoms with Crippen LogP contribution in [0.25, 0.3) is 11.0 Å². The van der Waals surface area contributed by atoms with Crippen molar-refractivity contribution in [2.75, 3.05) is 26.6 Å². The van der Waals surface area contributed by atoms with E-state index >= 15 is 0 Å². The number of thioether (sulfide) groups is 1. The molecule has 0 fully saturated rings. The summed E-state index contributed by atoms with van der Waals surface area (Å²) in [5, 5.41) is 9.53. The molecule has 7 heteroatoms. The van der Waals surface area contributed by atoms with E-state index in [9.17, 15) is 4.79 Å². The number of fused-ring (bicyclic) bond motifs is 1. The van der Waals surface area contributed by atoms with E-state index in [0.29, 0.717) is 11.8 Å². The molecular formula is C14H18N2O4S. The van der Waals surface area contributed by atoms with E-state index in [0.717, 1.165) is 16.8 Å². The third-order valence-corrected chi connectivity index (χ3v) is 3.98. The standard InChI is InChI=1S/C14H18N2O4S/c1-9(7-19-2)16-12-5-4-10(20-3)6-11(12)15-14(16)21-8-13(17)18/h4-6,9H,7-8H2,1-3H3,(H,17,18). The van der Waals surface area contributed by atoms with Crippen LogP contribution in [-0.4, -0.2) is 47.2 Å². The number of imidazole rings is 1. The maximum Gasteiger partial charge on any atom is 0.313 e. The Labute approximate surface area is 127 Å². The number of nitrogens with zero attached hydrogens (tertiary/aromatic N) is 2. The Morgan fingerprint density at radius 3 is 2.86 bits per heavy atom. The third kappa shape index (κ3) is 3.48. The zero-order valence-corrected chi connectivity index (χ0v) is 13.0. The lowest BCUT2D eigenvalue weighted by Gasteiger charge is -2.16. The van der Waals surface area contributed by atoms with Crippen LogP contribution in [0.2, 0.25) is 0 Å². The van der Waals surface area contributed by atoms with E-state index < -0.39 is 5.97 Å². The quantitative estimate of drug-likeness (QED) is 0.792. The average Bonchev–Trinajstić information content (AvgIpc) is 2.82. The zero-order chi connectivity index (χ0) is 15.4. The van der Waals surface area contributed by atoms with Gasteiger partial charge in [0.15, 0.2) is 5.16 Å². The van der Waals surface area contributed by atoms with Gasteiger partial charge in [0.25, 0.3) is 0 Å². The molecule has 0 aliphatic carbocycles. The number of rotatable bonds is 7. The van der Waals surface area contributed by atoms with Crippen molar-refractivity contribution in [2.24, 2.45) is 0 Å². The van der Waals surface area contributed by atoms with Gasteiger partial charge in [-0.3, -0.25) is 4.79 Å². The van der Waals surface area contributed by atoms with Gasteiger partial charge in [0.05, 0.1) is 36.5 Å². The smallest absolute Gasteiger partial charge is 0.313 e. The van der Waals surface area contributed by atoms with Crippen LogP contribution in [0.15, 0.2) is 23.4 Å². The van der Waals surface area contributed by atoms with Crippen molar-refractivity contribution < 1.29 is 19.4 Å². The molecule has 0 saturated heterocycles. The molecule has 1 unspecified atom stereocenters. The Morgan fingerprint density at radius 1 is 1.48 bits per heavy atom. The second-order valence-corrected chi connectivity index (χ2v) is 5.55. The Balaban J connectivity index is 2.47. The lowest BCUT2D eigenvalue weighted by molar-refractivity contribution is -0.133. The zero-order valence-electron chi connectivity index (χ0n) is 12.2. The molecule has 0 bridgehead atoms. The average molecular weight is 310 g/mol. The molecule has 21 heavy (non-hydrogen) atoms. The first-order valence-corrected chi connectivity index (χ1v) is 7.45. The van der Waals surface area contributed by atoms with Crippen molar-refractivity contribution in [2.45, 2.75) is 18.1 Å². The van der Waals surface area contributed by atoms with Crippen molar-refractivity contribution in [1.82, 2.24) is 9.55 Å². The summed E-state index contributed by atoms with van der Waals surface area (Å²) in [6.07, 6.45) is 0. The molecule has 114 valence electrons. The summed E-state index contributed by atoms with van der Waals surface area (Å²) in [7, 11) is 3.24. The third-order valence-electron chi connectivity index (χ3n) is 3.04. The van der Waals surface area contributed by atoms with Gasteiger partial charge in [-0.15, -0.1) is 0 Å². The van der Waals surface area contributed by atoms with Crippen molar-refractivity contribution >= 4 is 28.8 Å². The SMILES string of the molecule is COCC(C)n1c(SCC(=O)O)nc2cc(OC)ccc21. The highest BCUT2D eigenvalue weighted by atomic mass is 32.2. The summed E-state index contributed by atoms with van der Waals surface area (Å²) in [5.74, 6) is -0.169. The van der Waals surface area contributed by atoms with Crippen LogP contribution in [0.5, 0.6) is 5.75 Å². The number of hydrogen-bond donors (Lipinski definition) is 1. The molecule has 1 heterocycles. The molecule has 2 aromatic rings. The minimum atomic E-state index is -0.865. The number of aromatic nitrogens is 2. The van der Waals surface area contributed by atoms with Gasteiger partial charge in [-0.05, 0) is 19.1 Å². The second-order valence-electron chi connectivity index (χ2n) is 4.61. The van der Waals surface area contributed by atoms with Crippen LogP contribution in [0.4, 0.5) is 0 Å². The molecule has 6 nitrogen and oxygen atoms in total.